The van der Waals surface area contributed by atoms with E-state index in [4.69, 9.17) is 4.74 Å². The van der Waals surface area contributed by atoms with E-state index in [0.717, 1.165) is 19.3 Å². The number of ether oxygens (including phenoxy) is 1. The second kappa shape index (κ2) is 3.25. The minimum absolute atomic E-state index is 0.0491. The van der Waals surface area contributed by atoms with Crippen LogP contribution in [0.1, 0.15) is 51.9 Å². The number of fused-ring (bicyclic) bond motifs is 2. The highest BCUT2D eigenvalue weighted by Gasteiger charge is 2.57. The summed E-state index contributed by atoms with van der Waals surface area (Å²) in [6, 6.07) is 0. The topological polar surface area (TPSA) is 26.3 Å². The molecule has 0 amide bonds. The van der Waals surface area contributed by atoms with Gasteiger partial charge < -0.3 is 4.74 Å². The minimum atomic E-state index is -0.0794. The van der Waals surface area contributed by atoms with Gasteiger partial charge in [-0.1, -0.05) is 13.3 Å². The van der Waals surface area contributed by atoms with Gasteiger partial charge in [-0.15, -0.1) is 0 Å². The summed E-state index contributed by atoms with van der Waals surface area (Å²) >= 11 is 0. The molecule has 0 radical (unpaired) electrons. The van der Waals surface area contributed by atoms with Gasteiger partial charge in [-0.3, -0.25) is 4.79 Å². The van der Waals surface area contributed by atoms with Crippen molar-refractivity contribution in [2.45, 2.75) is 51.9 Å². The van der Waals surface area contributed by atoms with Crippen molar-refractivity contribution in [2.24, 2.45) is 10.8 Å². The van der Waals surface area contributed by atoms with Gasteiger partial charge in [0.25, 0.3) is 0 Å². The van der Waals surface area contributed by atoms with Crippen LogP contribution in [0.3, 0.4) is 0 Å². The maximum atomic E-state index is 11.7. The summed E-state index contributed by atoms with van der Waals surface area (Å²) in [4.78, 5) is 11.7. The van der Waals surface area contributed by atoms with Gasteiger partial charge in [0, 0.05) is 0 Å². The lowest BCUT2D eigenvalue weighted by Gasteiger charge is -2.26. The number of carbonyl (C=O) groups is 1. The van der Waals surface area contributed by atoms with Gasteiger partial charge in [0.15, 0.2) is 0 Å². The summed E-state index contributed by atoms with van der Waals surface area (Å²) in [5.41, 5.74) is 0.423. The van der Waals surface area contributed by atoms with Crippen LogP contribution in [0.15, 0.2) is 0 Å². The predicted octanol–water partition coefficient (Wildman–Crippen LogP) is 2.91. The summed E-state index contributed by atoms with van der Waals surface area (Å²) < 4.78 is 4.94. The molecule has 0 heterocycles. The average Bonchev–Trinajstić information content (AvgIpc) is 2.74. The third kappa shape index (κ3) is 1.27. The van der Waals surface area contributed by atoms with Crippen molar-refractivity contribution < 1.29 is 9.53 Å². The highest BCUT2D eigenvalue weighted by atomic mass is 16.5. The van der Waals surface area contributed by atoms with Crippen molar-refractivity contribution in [3.8, 4) is 0 Å². The van der Waals surface area contributed by atoms with Crippen molar-refractivity contribution in [3.63, 3.8) is 0 Å². The van der Waals surface area contributed by atoms with E-state index in [2.05, 4.69) is 6.92 Å². The summed E-state index contributed by atoms with van der Waals surface area (Å²) in [6.45, 7) is 2.24. The molecule has 2 aliphatic carbocycles. The van der Waals surface area contributed by atoms with E-state index in [1.165, 1.54) is 32.8 Å². The fraction of sp³-hybridized carbons (Fsp3) is 0.917. The lowest BCUT2D eigenvalue weighted by Crippen LogP contribution is -2.27. The van der Waals surface area contributed by atoms with E-state index in [9.17, 15) is 4.79 Å². The molecule has 2 aliphatic rings. The first-order valence-corrected chi connectivity index (χ1v) is 5.75. The molecule has 2 nitrogen and oxygen atoms in total. The second-order valence-electron chi connectivity index (χ2n) is 5.20. The lowest BCUT2D eigenvalue weighted by atomic mass is 9.79. The number of methoxy groups -OCH3 is 1. The molecule has 2 saturated carbocycles. The molecule has 2 heteroatoms. The van der Waals surface area contributed by atoms with Crippen LogP contribution in [-0.2, 0) is 9.53 Å². The fourth-order valence-corrected chi connectivity index (χ4v) is 3.69. The van der Waals surface area contributed by atoms with Gasteiger partial charge in [0.1, 0.15) is 0 Å². The molecule has 0 spiro atoms. The Morgan fingerprint density at radius 3 is 2.43 bits per heavy atom. The molecule has 0 N–H and O–H groups in total. The zero-order valence-corrected chi connectivity index (χ0v) is 9.27. The zero-order valence-electron chi connectivity index (χ0n) is 9.27. The number of carbonyl (C=O) groups excluding carboxylic acids is 1. The molecule has 0 aliphatic heterocycles. The van der Waals surface area contributed by atoms with Gasteiger partial charge in [0.05, 0.1) is 12.5 Å². The molecule has 0 aromatic heterocycles. The van der Waals surface area contributed by atoms with Crippen LogP contribution in [0.4, 0.5) is 0 Å². The largest absolute Gasteiger partial charge is 0.469 e. The molecule has 14 heavy (non-hydrogen) atoms. The Labute approximate surface area is 86.0 Å². The molecule has 2 rings (SSSR count). The summed E-state index contributed by atoms with van der Waals surface area (Å²) in [6.07, 6.45) is 8.27. The van der Waals surface area contributed by atoms with Crippen molar-refractivity contribution in [3.05, 3.63) is 0 Å². The highest BCUT2D eigenvalue weighted by molar-refractivity contribution is 5.77. The van der Waals surface area contributed by atoms with Gasteiger partial charge in [0.2, 0.25) is 0 Å². The van der Waals surface area contributed by atoms with E-state index in [0.29, 0.717) is 5.41 Å². The third-order valence-corrected chi connectivity index (χ3v) is 4.38. The Morgan fingerprint density at radius 2 is 1.93 bits per heavy atom. The SMILES string of the molecule is CCCC12CCC(C(=O)OC)(CC1)C2. The number of hydrogen-bond donors (Lipinski definition) is 0. The van der Waals surface area contributed by atoms with Crippen LogP contribution in [0, 0.1) is 10.8 Å². The number of rotatable bonds is 3. The Hall–Kier alpha value is -0.530. The Kier molecular flexibility index (Phi) is 2.32. The molecule has 0 aromatic carbocycles. The number of hydrogen-bond acceptors (Lipinski definition) is 2. The van der Waals surface area contributed by atoms with Crippen molar-refractivity contribution >= 4 is 5.97 Å². The monoisotopic (exact) mass is 196 g/mol. The van der Waals surface area contributed by atoms with Gasteiger partial charge >= 0.3 is 5.97 Å². The summed E-state index contributed by atoms with van der Waals surface area (Å²) in [7, 11) is 1.52. The van der Waals surface area contributed by atoms with Crippen molar-refractivity contribution in [1.82, 2.24) is 0 Å². The standard InChI is InChI=1S/C12H20O2/c1-3-4-11-5-7-12(9-11,8-6-11)10(13)14-2/h3-9H2,1-2H3. The smallest absolute Gasteiger partial charge is 0.311 e. The van der Waals surface area contributed by atoms with Crippen LogP contribution in [0.2, 0.25) is 0 Å². The molecular weight excluding hydrogens is 176 g/mol. The summed E-state index contributed by atoms with van der Waals surface area (Å²) in [5.74, 6) is 0.0491. The highest BCUT2D eigenvalue weighted by Crippen LogP contribution is 2.63. The first-order chi connectivity index (χ1) is 6.66. The van der Waals surface area contributed by atoms with Crippen LogP contribution in [0.25, 0.3) is 0 Å². The molecule has 2 bridgehead atoms. The maximum absolute atomic E-state index is 11.7. The lowest BCUT2D eigenvalue weighted by molar-refractivity contribution is -0.152. The average molecular weight is 196 g/mol. The molecule has 0 unspecified atom stereocenters. The predicted molar refractivity (Wildman–Crippen MR) is 54.9 cm³/mol. The zero-order chi connectivity index (χ0) is 10.2. The second-order valence-corrected chi connectivity index (χ2v) is 5.20. The van der Waals surface area contributed by atoms with E-state index in [1.807, 2.05) is 0 Å². The number of esters is 1. The maximum Gasteiger partial charge on any atom is 0.311 e. The van der Waals surface area contributed by atoms with Crippen LogP contribution >= 0.6 is 0 Å². The fourth-order valence-electron chi connectivity index (χ4n) is 3.69. The Morgan fingerprint density at radius 1 is 1.29 bits per heavy atom. The third-order valence-electron chi connectivity index (χ3n) is 4.38. The van der Waals surface area contributed by atoms with Gasteiger partial charge in [-0.2, -0.15) is 0 Å². The van der Waals surface area contributed by atoms with E-state index in [1.54, 1.807) is 0 Å². The Balaban J connectivity index is 2.12. The first-order valence-electron chi connectivity index (χ1n) is 5.75. The van der Waals surface area contributed by atoms with Crippen LogP contribution in [-0.4, -0.2) is 13.1 Å². The Bertz CT molecular complexity index is 237. The minimum Gasteiger partial charge on any atom is -0.469 e. The molecule has 0 aromatic rings. The van der Waals surface area contributed by atoms with Crippen LogP contribution < -0.4 is 0 Å². The van der Waals surface area contributed by atoms with Gasteiger partial charge in [-0.05, 0) is 43.9 Å². The molecule has 0 saturated heterocycles. The molecule has 2 fully saturated rings. The quantitative estimate of drug-likeness (QED) is 0.649. The summed E-state index contributed by atoms with van der Waals surface area (Å²) in [5, 5.41) is 0. The van der Waals surface area contributed by atoms with Crippen LogP contribution in [0.5, 0.6) is 0 Å². The van der Waals surface area contributed by atoms with E-state index in [-0.39, 0.29) is 11.4 Å². The van der Waals surface area contributed by atoms with Crippen molar-refractivity contribution in [1.29, 1.82) is 0 Å². The van der Waals surface area contributed by atoms with E-state index < -0.39 is 0 Å². The van der Waals surface area contributed by atoms with E-state index >= 15 is 0 Å². The van der Waals surface area contributed by atoms with Gasteiger partial charge in [-0.25, -0.2) is 0 Å². The normalized spacial score (nSPS) is 40.1. The van der Waals surface area contributed by atoms with Crippen molar-refractivity contribution in [2.75, 3.05) is 7.11 Å². The molecule has 0 atom stereocenters. The molecular formula is C12H20O2. The molecule has 80 valence electrons. The first kappa shape index (κ1) is 10.0.